The van der Waals surface area contributed by atoms with Crippen LogP contribution in [0.4, 0.5) is 4.39 Å². The van der Waals surface area contributed by atoms with Crippen LogP contribution in [0.1, 0.15) is 24.1 Å². The third-order valence-electron chi connectivity index (χ3n) is 2.48. The Kier molecular flexibility index (Phi) is 3.76. The Morgan fingerprint density at radius 1 is 1.47 bits per heavy atom. The molecule has 0 amide bonds. The van der Waals surface area contributed by atoms with Crippen molar-refractivity contribution in [3.8, 4) is 0 Å². The van der Waals surface area contributed by atoms with Crippen molar-refractivity contribution in [3.63, 3.8) is 0 Å². The highest BCUT2D eigenvalue weighted by Gasteiger charge is 2.21. The number of rotatable bonds is 4. The lowest BCUT2D eigenvalue weighted by molar-refractivity contribution is 0.537. The summed E-state index contributed by atoms with van der Waals surface area (Å²) in [5, 5.41) is 3.44. The summed E-state index contributed by atoms with van der Waals surface area (Å²) in [6, 6.07) is 3.04. The van der Waals surface area contributed by atoms with Crippen LogP contribution < -0.4 is 5.32 Å². The maximum absolute atomic E-state index is 13.7. The van der Waals surface area contributed by atoms with Crippen LogP contribution in [-0.4, -0.2) is 11.5 Å². The molecule has 2 heterocycles. The van der Waals surface area contributed by atoms with Gasteiger partial charge in [-0.1, -0.05) is 6.92 Å². The molecule has 0 aliphatic heterocycles. The molecule has 2 rings (SSSR count). The van der Waals surface area contributed by atoms with E-state index in [1.807, 2.05) is 6.92 Å². The first-order valence-electron chi connectivity index (χ1n) is 5.29. The van der Waals surface area contributed by atoms with E-state index in [0.29, 0.717) is 12.1 Å². The summed E-state index contributed by atoms with van der Waals surface area (Å²) in [5.41, 5.74) is 1.23. The van der Waals surface area contributed by atoms with Gasteiger partial charge in [-0.05, 0) is 30.3 Å². The van der Waals surface area contributed by atoms with Crippen LogP contribution in [-0.2, 0) is 0 Å². The lowest BCUT2D eigenvalue weighted by Crippen LogP contribution is -2.22. The molecule has 0 aliphatic rings. The predicted molar refractivity (Wildman–Crippen MR) is 63.4 cm³/mol. The average molecular weight is 255 g/mol. The van der Waals surface area contributed by atoms with Crippen molar-refractivity contribution in [3.05, 3.63) is 53.0 Å². The molecular formula is C12H12ClFN2O. The first-order chi connectivity index (χ1) is 8.24. The normalized spacial score (nSPS) is 12.6. The Morgan fingerprint density at radius 3 is 2.88 bits per heavy atom. The first-order valence-corrected chi connectivity index (χ1v) is 5.67. The quantitative estimate of drug-likeness (QED) is 0.911. The van der Waals surface area contributed by atoms with Gasteiger partial charge in [0, 0.05) is 17.3 Å². The minimum Gasteiger partial charge on any atom is -0.453 e. The topological polar surface area (TPSA) is 38.1 Å². The monoisotopic (exact) mass is 254 g/mol. The number of pyridine rings is 1. The molecule has 2 aromatic rings. The summed E-state index contributed by atoms with van der Waals surface area (Å²) in [7, 11) is 0. The molecular weight excluding hydrogens is 243 g/mol. The van der Waals surface area contributed by atoms with Gasteiger partial charge in [0.2, 0.25) is 0 Å². The summed E-state index contributed by atoms with van der Waals surface area (Å²) in [5.74, 6) is -0.365. The second-order valence-electron chi connectivity index (χ2n) is 3.54. The molecule has 0 aromatic carbocycles. The van der Waals surface area contributed by atoms with Gasteiger partial charge in [0.1, 0.15) is 5.82 Å². The highest BCUT2D eigenvalue weighted by molar-refractivity contribution is 6.29. The first kappa shape index (κ1) is 12.1. The van der Waals surface area contributed by atoms with Crippen molar-refractivity contribution in [1.29, 1.82) is 0 Å². The van der Waals surface area contributed by atoms with E-state index >= 15 is 0 Å². The van der Waals surface area contributed by atoms with E-state index in [1.165, 1.54) is 12.5 Å². The van der Waals surface area contributed by atoms with Gasteiger partial charge in [-0.2, -0.15) is 0 Å². The molecule has 1 unspecified atom stereocenters. The lowest BCUT2D eigenvalue weighted by atomic mass is 10.0. The predicted octanol–water partition coefficient (Wildman–Crippen LogP) is 3.17. The number of furan rings is 1. The van der Waals surface area contributed by atoms with Gasteiger partial charge in [-0.15, -0.1) is 0 Å². The maximum atomic E-state index is 13.7. The second-order valence-corrected chi connectivity index (χ2v) is 3.88. The molecule has 1 atom stereocenters. The minimum atomic E-state index is -0.365. The van der Waals surface area contributed by atoms with Crippen molar-refractivity contribution in [2.24, 2.45) is 0 Å². The van der Waals surface area contributed by atoms with E-state index in [0.717, 1.165) is 5.56 Å². The van der Waals surface area contributed by atoms with Crippen LogP contribution in [0.5, 0.6) is 0 Å². The molecule has 1 N–H and O–H groups in total. The standard InChI is InChI=1S/C12H12ClFN2O/c1-2-16-11(9-4-6-17-12(9)13)8-3-5-15-7-10(8)14/h3-7,11,16H,2H2,1H3. The summed E-state index contributed by atoms with van der Waals surface area (Å²) in [6.07, 6.45) is 4.23. The number of hydrogen-bond acceptors (Lipinski definition) is 3. The van der Waals surface area contributed by atoms with Gasteiger partial charge in [0.05, 0.1) is 18.5 Å². The number of aromatic nitrogens is 1. The third-order valence-corrected chi connectivity index (χ3v) is 2.79. The lowest BCUT2D eigenvalue weighted by Gasteiger charge is -2.17. The molecule has 5 heteroatoms. The molecule has 17 heavy (non-hydrogen) atoms. The Morgan fingerprint density at radius 2 is 2.29 bits per heavy atom. The van der Waals surface area contributed by atoms with Crippen LogP contribution in [0.2, 0.25) is 5.22 Å². The summed E-state index contributed by atoms with van der Waals surface area (Å²) in [6.45, 7) is 2.63. The third kappa shape index (κ3) is 2.48. The Labute approximate surface area is 104 Å². The summed E-state index contributed by atoms with van der Waals surface area (Å²) >= 11 is 5.93. The van der Waals surface area contributed by atoms with E-state index < -0.39 is 0 Å². The number of hydrogen-bond donors (Lipinski definition) is 1. The van der Waals surface area contributed by atoms with E-state index in [1.54, 1.807) is 18.3 Å². The van der Waals surface area contributed by atoms with Gasteiger partial charge in [-0.3, -0.25) is 4.98 Å². The summed E-state index contributed by atoms with van der Waals surface area (Å²) < 4.78 is 18.8. The van der Waals surface area contributed by atoms with Gasteiger partial charge >= 0.3 is 0 Å². The van der Waals surface area contributed by atoms with E-state index in [4.69, 9.17) is 16.0 Å². The van der Waals surface area contributed by atoms with Crippen molar-refractivity contribution in [2.45, 2.75) is 13.0 Å². The molecule has 0 saturated heterocycles. The molecule has 0 spiro atoms. The highest BCUT2D eigenvalue weighted by Crippen LogP contribution is 2.30. The number of halogens is 2. The molecule has 3 nitrogen and oxygen atoms in total. The van der Waals surface area contributed by atoms with Crippen molar-refractivity contribution >= 4 is 11.6 Å². The maximum Gasteiger partial charge on any atom is 0.198 e. The van der Waals surface area contributed by atoms with Crippen LogP contribution in [0.25, 0.3) is 0 Å². The Hall–Kier alpha value is -1.39. The molecule has 0 fully saturated rings. The van der Waals surface area contributed by atoms with Crippen molar-refractivity contribution in [1.82, 2.24) is 10.3 Å². The van der Waals surface area contributed by atoms with E-state index in [2.05, 4.69) is 10.3 Å². The van der Waals surface area contributed by atoms with Crippen LogP contribution in [0, 0.1) is 5.82 Å². The molecule has 0 radical (unpaired) electrons. The van der Waals surface area contributed by atoms with Gasteiger partial charge < -0.3 is 9.73 Å². The second kappa shape index (κ2) is 5.29. The molecule has 0 aliphatic carbocycles. The van der Waals surface area contributed by atoms with E-state index in [9.17, 15) is 4.39 Å². The number of nitrogens with one attached hydrogen (secondary N) is 1. The molecule has 2 aromatic heterocycles. The fourth-order valence-electron chi connectivity index (χ4n) is 1.72. The van der Waals surface area contributed by atoms with Crippen LogP contribution in [0.15, 0.2) is 35.2 Å². The smallest absolute Gasteiger partial charge is 0.198 e. The Bertz CT molecular complexity index is 501. The molecule has 0 saturated carbocycles. The zero-order valence-corrected chi connectivity index (χ0v) is 10.0. The number of nitrogens with zero attached hydrogens (tertiary/aromatic N) is 1. The van der Waals surface area contributed by atoms with Gasteiger partial charge in [0.15, 0.2) is 5.22 Å². The fraction of sp³-hybridized carbons (Fsp3) is 0.250. The fourth-order valence-corrected chi connectivity index (χ4v) is 1.95. The van der Waals surface area contributed by atoms with Crippen molar-refractivity contribution in [2.75, 3.05) is 6.54 Å². The highest BCUT2D eigenvalue weighted by atomic mass is 35.5. The Balaban J connectivity index is 2.43. The van der Waals surface area contributed by atoms with Gasteiger partial charge in [0.25, 0.3) is 0 Å². The summed E-state index contributed by atoms with van der Waals surface area (Å²) in [4.78, 5) is 3.73. The minimum absolute atomic E-state index is 0.271. The largest absolute Gasteiger partial charge is 0.453 e. The van der Waals surface area contributed by atoms with Crippen molar-refractivity contribution < 1.29 is 8.81 Å². The zero-order valence-electron chi connectivity index (χ0n) is 9.28. The van der Waals surface area contributed by atoms with E-state index in [-0.39, 0.29) is 17.1 Å². The molecule has 0 bridgehead atoms. The average Bonchev–Trinajstić information content (AvgIpc) is 2.74. The van der Waals surface area contributed by atoms with Crippen LogP contribution >= 0.6 is 11.6 Å². The zero-order chi connectivity index (χ0) is 12.3. The SMILES string of the molecule is CCNC(c1ccncc1F)c1ccoc1Cl. The van der Waals surface area contributed by atoms with Crippen LogP contribution in [0.3, 0.4) is 0 Å². The van der Waals surface area contributed by atoms with Gasteiger partial charge in [-0.25, -0.2) is 4.39 Å². The molecule has 90 valence electrons.